The maximum absolute atomic E-state index is 15.2. The lowest BCUT2D eigenvalue weighted by atomic mass is 9.69. The lowest BCUT2D eigenvalue weighted by Crippen LogP contribution is -2.40. The van der Waals surface area contributed by atoms with E-state index < -0.39 is 17.8 Å². The molecule has 0 bridgehead atoms. The first-order valence-corrected chi connectivity index (χ1v) is 16.0. The Hall–Kier alpha value is -2.56. The van der Waals surface area contributed by atoms with E-state index in [-0.39, 0.29) is 17.6 Å². The van der Waals surface area contributed by atoms with Crippen LogP contribution in [0.3, 0.4) is 0 Å². The standard InChI is InChI=1S/C35H44F3NO3/c1-2-3-4-5-24-22-40-34(41-23-24)28-8-6-25(7-9-28)26-12-16-31(17-13-26)35(37,38)42-32-18-14-27(15-19-32)29-10-11-30(21-39)33(36)20-29/h10-11,14-15,18-20,24-26,28,31,34H,2-9,12-13,16-17,22-23H2,1H3. The van der Waals surface area contributed by atoms with Crippen LogP contribution >= 0.6 is 0 Å². The zero-order valence-corrected chi connectivity index (χ0v) is 24.7. The van der Waals surface area contributed by atoms with Gasteiger partial charge in [-0.15, -0.1) is 0 Å². The highest BCUT2D eigenvalue weighted by atomic mass is 19.3. The van der Waals surface area contributed by atoms with Crippen LogP contribution in [0.5, 0.6) is 5.75 Å². The highest BCUT2D eigenvalue weighted by molar-refractivity contribution is 5.65. The molecular weight excluding hydrogens is 539 g/mol. The molecule has 0 N–H and O–H groups in total. The number of nitrogens with zero attached hydrogens (tertiary/aromatic N) is 1. The molecule has 7 heteroatoms. The van der Waals surface area contributed by atoms with Crippen LogP contribution in [0.4, 0.5) is 13.2 Å². The van der Waals surface area contributed by atoms with Gasteiger partial charge in [0, 0.05) is 11.8 Å². The average Bonchev–Trinajstić information content (AvgIpc) is 3.02. The van der Waals surface area contributed by atoms with Gasteiger partial charge in [0.05, 0.1) is 24.7 Å². The van der Waals surface area contributed by atoms with Crippen molar-refractivity contribution in [3.63, 3.8) is 0 Å². The van der Waals surface area contributed by atoms with Crippen LogP contribution in [0.15, 0.2) is 42.5 Å². The Morgan fingerprint density at radius 3 is 2.02 bits per heavy atom. The molecule has 0 spiro atoms. The molecule has 3 aliphatic rings. The third-order valence-corrected chi connectivity index (χ3v) is 9.85. The van der Waals surface area contributed by atoms with E-state index in [0.29, 0.717) is 47.6 Å². The molecule has 1 saturated heterocycles. The molecule has 4 nitrogen and oxygen atoms in total. The molecule has 0 radical (unpaired) electrons. The molecule has 1 aliphatic heterocycles. The van der Waals surface area contributed by atoms with Crippen molar-refractivity contribution in [3.8, 4) is 22.9 Å². The minimum atomic E-state index is -3.24. The Balaban J connectivity index is 1.05. The molecule has 228 valence electrons. The van der Waals surface area contributed by atoms with Crippen LogP contribution in [-0.2, 0) is 9.47 Å². The van der Waals surface area contributed by atoms with E-state index in [4.69, 9.17) is 19.5 Å². The van der Waals surface area contributed by atoms with Crippen molar-refractivity contribution in [2.75, 3.05) is 13.2 Å². The lowest BCUT2D eigenvalue weighted by molar-refractivity contribution is -0.232. The van der Waals surface area contributed by atoms with Crippen LogP contribution in [0.25, 0.3) is 11.1 Å². The summed E-state index contributed by atoms with van der Waals surface area (Å²) in [4.78, 5) is 0. The molecule has 2 aromatic rings. The number of nitriles is 1. The van der Waals surface area contributed by atoms with Gasteiger partial charge >= 0.3 is 6.11 Å². The molecule has 2 saturated carbocycles. The number of ether oxygens (including phenoxy) is 3. The van der Waals surface area contributed by atoms with Crippen LogP contribution in [0, 0.1) is 46.7 Å². The SMILES string of the molecule is CCCCCC1COC(C2CCC(C3CCC(C(F)(F)Oc4ccc(-c5ccc(C#N)c(F)c5)cc4)CC3)CC2)OC1. The maximum Gasteiger partial charge on any atom is 0.400 e. The van der Waals surface area contributed by atoms with Crippen molar-refractivity contribution in [1.29, 1.82) is 5.26 Å². The Kier molecular flexibility index (Phi) is 10.5. The Bertz CT molecular complexity index is 1170. The zero-order chi connectivity index (χ0) is 29.5. The fraction of sp³-hybridized carbons (Fsp3) is 0.629. The number of alkyl halides is 2. The second kappa shape index (κ2) is 14.3. The predicted molar refractivity (Wildman–Crippen MR) is 156 cm³/mol. The molecule has 42 heavy (non-hydrogen) atoms. The second-order valence-electron chi connectivity index (χ2n) is 12.7. The molecule has 2 aromatic carbocycles. The van der Waals surface area contributed by atoms with E-state index in [1.807, 2.05) is 0 Å². The minimum Gasteiger partial charge on any atom is -0.432 e. The first-order valence-electron chi connectivity index (χ1n) is 16.0. The monoisotopic (exact) mass is 583 g/mol. The van der Waals surface area contributed by atoms with E-state index in [2.05, 4.69) is 6.92 Å². The van der Waals surface area contributed by atoms with Crippen LogP contribution in [-0.4, -0.2) is 25.6 Å². The molecule has 0 aromatic heterocycles. The average molecular weight is 584 g/mol. The number of hydrogen-bond donors (Lipinski definition) is 0. The fourth-order valence-electron chi connectivity index (χ4n) is 7.24. The summed E-state index contributed by atoms with van der Waals surface area (Å²) < 4.78 is 61.8. The minimum absolute atomic E-state index is 0.0320. The van der Waals surface area contributed by atoms with Gasteiger partial charge in [0.15, 0.2) is 6.29 Å². The summed E-state index contributed by atoms with van der Waals surface area (Å²) in [6.07, 6.45) is 8.66. The molecule has 3 fully saturated rings. The summed E-state index contributed by atoms with van der Waals surface area (Å²) in [6.45, 7) is 3.86. The Morgan fingerprint density at radius 2 is 1.43 bits per heavy atom. The van der Waals surface area contributed by atoms with Gasteiger partial charge in [0.1, 0.15) is 17.6 Å². The topological polar surface area (TPSA) is 51.5 Å². The molecular formula is C35H44F3NO3. The van der Waals surface area contributed by atoms with Gasteiger partial charge in [0.25, 0.3) is 0 Å². The van der Waals surface area contributed by atoms with E-state index in [0.717, 1.165) is 51.7 Å². The van der Waals surface area contributed by atoms with Crippen molar-refractivity contribution < 1.29 is 27.4 Å². The van der Waals surface area contributed by atoms with E-state index in [1.165, 1.54) is 49.9 Å². The summed E-state index contributed by atoms with van der Waals surface area (Å²) in [5.74, 6) is 0.770. The molecule has 5 rings (SSSR count). The summed E-state index contributed by atoms with van der Waals surface area (Å²) in [6, 6.07) is 12.4. The van der Waals surface area contributed by atoms with Gasteiger partial charge in [0.2, 0.25) is 0 Å². The second-order valence-corrected chi connectivity index (χ2v) is 12.7. The van der Waals surface area contributed by atoms with Gasteiger partial charge in [-0.3, -0.25) is 0 Å². The first-order chi connectivity index (χ1) is 20.4. The summed E-state index contributed by atoms with van der Waals surface area (Å²) in [5.41, 5.74) is 1.20. The normalized spacial score (nSPS) is 28.6. The molecule has 1 heterocycles. The van der Waals surface area contributed by atoms with Crippen LogP contribution in [0.1, 0.15) is 89.5 Å². The Morgan fingerprint density at radius 1 is 0.833 bits per heavy atom. The van der Waals surface area contributed by atoms with Gasteiger partial charge in [-0.2, -0.15) is 14.0 Å². The number of halogens is 3. The maximum atomic E-state index is 15.2. The number of benzene rings is 2. The van der Waals surface area contributed by atoms with Crippen molar-refractivity contribution >= 4 is 0 Å². The van der Waals surface area contributed by atoms with Gasteiger partial charge in [-0.25, -0.2) is 4.39 Å². The molecule has 0 unspecified atom stereocenters. The molecule has 2 aliphatic carbocycles. The smallest absolute Gasteiger partial charge is 0.400 e. The van der Waals surface area contributed by atoms with Crippen molar-refractivity contribution in [1.82, 2.24) is 0 Å². The molecule has 0 amide bonds. The van der Waals surface area contributed by atoms with Gasteiger partial charge in [-0.1, -0.05) is 44.4 Å². The summed E-state index contributed by atoms with van der Waals surface area (Å²) >= 11 is 0. The third-order valence-electron chi connectivity index (χ3n) is 9.85. The zero-order valence-electron chi connectivity index (χ0n) is 24.7. The first kappa shape index (κ1) is 30.9. The van der Waals surface area contributed by atoms with Crippen LogP contribution in [0.2, 0.25) is 0 Å². The predicted octanol–water partition coefficient (Wildman–Crippen LogP) is 9.52. The Labute approximate surface area is 248 Å². The number of rotatable bonds is 10. The highest BCUT2D eigenvalue weighted by Crippen LogP contribution is 2.46. The molecule has 0 atom stereocenters. The van der Waals surface area contributed by atoms with Gasteiger partial charge in [-0.05, 0) is 105 Å². The van der Waals surface area contributed by atoms with E-state index >= 15 is 8.78 Å². The highest BCUT2D eigenvalue weighted by Gasteiger charge is 2.45. The lowest BCUT2D eigenvalue weighted by Gasteiger charge is -2.41. The summed E-state index contributed by atoms with van der Waals surface area (Å²) in [5, 5.41) is 8.91. The van der Waals surface area contributed by atoms with Gasteiger partial charge < -0.3 is 14.2 Å². The largest absolute Gasteiger partial charge is 0.432 e. The van der Waals surface area contributed by atoms with Crippen LogP contribution < -0.4 is 4.74 Å². The number of hydrogen-bond acceptors (Lipinski definition) is 4. The van der Waals surface area contributed by atoms with Crippen molar-refractivity contribution in [3.05, 3.63) is 53.8 Å². The third kappa shape index (κ3) is 7.68. The fourth-order valence-corrected chi connectivity index (χ4v) is 7.24. The summed E-state index contributed by atoms with van der Waals surface area (Å²) in [7, 11) is 0. The number of unbranched alkanes of at least 4 members (excludes halogenated alkanes) is 2. The van der Waals surface area contributed by atoms with Crippen molar-refractivity contribution in [2.45, 2.75) is 96.4 Å². The quantitative estimate of drug-likeness (QED) is 0.261. The van der Waals surface area contributed by atoms with E-state index in [1.54, 1.807) is 24.3 Å². The van der Waals surface area contributed by atoms with E-state index in [9.17, 15) is 4.39 Å². The van der Waals surface area contributed by atoms with Crippen molar-refractivity contribution in [2.24, 2.45) is 29.6 Å².